The number of allylic oxidation sites excluding steroid dienone is 1. The van der Waals surface area contributed by atoms with E-state index in [0.29, 0.717) is 62.0 Å². The lowest BCUT2D eigenvalue weighted by molar-refractivity contribution is -0.131. The predicted molar refractivity (Wildman–Crippen MR) is 357 cm³/mol. The molecule has 0 saturated heterocycles. The summed E-state index contributed by atoms with van der Waals surface area (Å²) in [6.07, 6.45) is 19.2. The second-order valence-corrected chi connectivity index (χ2v) is 27.6. The Labute approximate surface area is 532 Å². The lowest BCUT2D eigenvalue weighted by Crippen LogP contribution is -2.53. The Kier molecular flexibility index (Phi) is 23.6. The third kappa shape index (κ3) is 16.7. The van der Waals surface area contributed by atoms with Crippen molar-refractivity contribution in [3.05, 3.63) is 178 Å². The number of anilines is 1. The fraction of sp³-hybridized carbons (Fsp3) is 0.532. The summed E-state index contributed by atoms with van der Waals surface area (Å²) < 4.78 is 12.1. The summed E-state index contributed by atoms with van der Waals surface area (Å²) in [5, 5.41) is 25.6. The highest BCUT2D eigenvalue weighted by molar-refractivity contribution is 5.98. The number of methoxy groups -OCH3 is 1. The van der Waals surface area contributed by atoms with Crippen LogP contribution in [0.2, 0.25) is 0 Å². The zero-order valence-corrected chi connectivity index (χ0v) is 54.4. The summed E-state index contributed by atoms with van der Waals surface area (Å²) in [6.45, 7) is 16.0. The van der Waals surface area contributed by atoms with Crippen LogP contribution in [0.5, 0.6) is 5.75 Å². The lowest BCUT2D eigenvalue weighted by atomic mass is 9.47. The largest absolute Gasteiger partial charge is 0.497 e. The number of ether oxygens (including phenoxy) is 2. The number of benzene rings is 5. The lowest BCUT2D eigenvalue weighted by Gasteiger charge is -2.58. The number of carbonyl (C=O) groups is 4. The highest BCUT2D eigenvalue weighted by Crippen LogP contribution is 2.67. The van der Waals surface area contributed by atoms with Crippen LogP contribution < -0.4 is 31.3 Å². The highest BCUT2D eigenvalue weighted by atomic mass is 16.5. The van der Waals surface area contributed by atoms with Crippen molar-refractivity contribution in [3.8, 4) is 5.75 Å². The summed E-state index contributed by atoms with van der Waals surface area (Å²) in [5.74, 6) is 4.08. The molecule has 0 heterocycles. The average molecular weight is 1210 g/mol. The number of aryl methyl sites for hydroxylation is 1. The van der Waals surface area contributed by atoms with E-state index in [0.717, 1.165) is 81.9 Å². The van der Waals surface area contributed by atoms with Crippen molar-refractivity contribution >= 4 is 29.3 Å². The van der Waals surface area contributed by atoms with Gasteiger partial charge < -0.3 is 35.8 Å². The Hall–Kier alpha value is -6.60. The van der Waals surface area contributed by atoms with Crippen LogP contribution in [-0.2, 0) is 42.5 Å². The van der Waals surface area contributed by atoms with E-state index in [4.69, 9.17) is 9.47 Å². The number of aliphatic hydroxyl groups is 1. The summed E-state index contributed by atoms with van der Waals surface area (Å²) in [7, 11) is 1.66. The van der Waals surface area contributed by atoms with Crippen molar-refractivity contribution in [2.75, 3.05) is 32.1 Å². The molecule has 0 aromatic heterocycles. The number of unbranched alkanes of at least 4 members (excludes halogenated alkanes) is 1. The van der Waals surface area contributed by atoms with Crippen molar-refractivity contribution in [1.29, 1.82) is 0 Å². The van der Waals surface area contributed by atoms with Gasteiger partial charge >= 0.3 is 0 Å². The van der Waals surface area contributed by atoms with Crippen molar-refractivity contribution in [3.63, 3.8) is 0 Å². The fourth-order valence-electron chi connectivity index (χ4n) is 16.3. The van der Waals surface area contributed by atoms with Gasteiger partial charge in [-0.15, -0.1) is 0 Å². The summed E-state index contributed by atoms with van der Waals surface area (Å²) in [6, 6.07) is 41.5. The topological polar surface area (TPSA) is 167 Å². The summed E-state index contributed by atoms with van der Waals surface area (Å²) in [4.78, 5) is 55.9. The number of amides is 4. The van der Waals surface area contributed by atoms with Gasteiger partial charge in [0.2, 0.25) is 23.6 Å². The van der Waals surface area contributed by atoms with E-state index in [1.165, 1.54) is 57.8 Å². The van der Waals surface area contributed by atoms with Gasteiger partial charge in [0.1, 0.15) is 17.8 Å². The molecule has 0 radical (unpaired) electrons. The van der Waals surface area contributed by atoms with Crippen LogP contribution in [0.1, 0.15) is 177 Å². The number of carbonyl (C=O) groups excluding carboxylic acids is 4. The smallest absolute Gasteiger partial charge is 0.246 e. The first-order valence-corrected chi connectivity index (χ1v) is 33.8. The van der Waals surface area contributed by atoms with E-state index in [2.05, 4.69) is 104 Å². The van der Waals surface area contributed by atoms with Crippen molar-refractivity contribution in [1.82, 2.24) is 21.3 Å². The molecule has 89 heavy (non-hydrogen) atoms. The van der Waals surface area contributed by atoms with Gasteiger partial charge in [-0.3, -0.25) is 24.5 Å². The zero-order valence-electron chi connectivity index (χ0n) is 54.4. The molecular formula is C77H103N5O7. The van der Waals surface area contributed by atoms with Gasteiger partial charge in [0.05, 0.1) is 25.4 Å². The third-order valence-corrected chi connectivity index (χ3v) is 21.3. The maximum Gasteiger partial charge on any atom is 0.246 e. The number of rotatable bonds is 31. The standard InChI is InChI=1S/C77H103N5O7/c1-53(2)18-16-19-55(4)66-39-40-67-65-38-33-61-51-64(43-45-75(61,5)68(65)44-46-76(66,67)6)89-49-17-47-78-71(84)41-42-72(85)81-70(50-56-27-25-54(3)26-28-56)74(87)82-69(73(86)80-62-34-29-57(52-83)30-35-62)24-14-15-48-79-77(58-20-10-8-11-21-58,59-22-12-9-13-23-59)60-31-36-63(88-7)37-32-60/h8-13,20-23,25-37,53,55,64-70,79,83H,14-19,24,38-52H2,1-7H3,(H,78,84)(H,80,86)(H,81,85)(H,82,87)/t55-,64+,65+,66-,67+,68+,69+,70+,75+,76-/m1/s1. The molecule has 3 saturated carbocycles. The molecule has 0 spiro atoms. The van der Waals surface area contributed by atoms with Gasteiger partial charge in [0.25, 0.3) is 0 Å². The number of fused-ring (bicyclic) bond motifs is 5. The van der Waals surface area contributed by atoms with Gasteiger partial charge in [0, 0.05) is 38.1 Å². The van der Waals surface area contributed by atoms with E-state index in [9.17, 15) is 24.3 Å². The van der Waals surface area contributed by atoms with Crippen LogP contribution in [0.4, 0.5) is 5.69 Å². The summed E-state index contributed by atoms with van der Waals surface area (Å²) >= 11 is 0. The van der Waals surface area contributed by atoms with E-state index in [1.807, 2.05) is 79.7 Å². The van der Waals surface area contributed by atoms with Crippen LogP contribution in [0.25, 0.3) is 0 Å². The normalized spacial score (nSPS) is 23.2. The van der Waals surface area contributed by atoms with Gasteiger partial charge in [-0.05, 0) is 189 Å². The minimum atomic E-state index is -1.03. The summed E-state index contributed by atoms with van der Waals surface area (Å²) in [5.41, 5.74) is 7.93. The Morgan fingerprint density at radius 1 is 0.652 bits per heavy atom. The molecule has 0 bridgehead atoms. The number of aliphatic hydroxyl groups excluding tert-OH is 1. The van der Waals surface area contributed by atoms with Crippen LogP contribution in [0.15, 0.2) is 145 Å². The molecule has 4 aliphatic carbocycles. The molecule has 3 fully saturated rings. The Bertz CT molecular complexity index is 3060. The molecule has 4 amide bonds. The molecule has 12 nitrogen and oxygen atoms in total. The molecule has 478 valence electrons. The van der Waals surface area contributed by atoms with Gasteiger partial charge in [-0.25, -0.2) is 0 Å². The van der Waals surface area contributed by atoms with Crippen LogP contribution >= 0.6 is 0 Å². The van der Waals surface area contributed by atoms with Crippen molar-refractivity contribution in [2.45, 2.75) is 187 Å². The Balaban J connectivity index is 0.772. The third-order valence-electron chi connectivity index (χ3n) is 21.3. The Morgan fingerprint density at radius 3 is 2.00 bits per heavy atom. The fourth-order valence-corrected chi connectivity index (χ4v) is 16.3. The minimum absolute atomic E-state index is 0.0382. The maximum absolute atomic E-state index is 14.6. The van der Waals surface area contributed by atoms with E-state index < -0.39 is 35.3 Å². The van der Waals surface area contributed by atoms with Crippen LogP contribution in [0.3, 0.4) is 0 Å². The van der Waals surface area contributed by atoms with Crippen molar-refractivity contribution in [2.24, 2.45) is 46.3 Å². The van der Waals surface area contributed by atoms with Gasteiger partial charge in [0.15, 0.2) is 0 Å². The second-order valence-electron chi connectivity index (χ2n) is 27.6. The SMILES string of the molecule is COc1ccc(C(NCCCC[C@H](NC(=O)[C@H](Cc2ccc(C)cc2)NC(=O)CCC(=O)NCCCO[C@H]2CC[C@@]3(C)C(=CC[C@H]4[C@@H]5CC[C@H]([C@H](C)CCCC(C)C)[C@@]5(C)CC[C@@H]43)C2)C(=O)Nc2ccc(CO)cc2)(c2ccccc2)c2ccccc2)cc1. The highest BCUT2D eigenvalue weighted by Gasteiger charge is 2.59. The molecule has 12 heteroatoms. The van der Waals surface area contributed by atoms with Crippen LogP contribution in [-0.4, -0.2) is 73.7 Å². The number of hydrogen-bond donors (Lipinski definition) is 6. The van der Waals surface area contributed by atoms with E-state index in [1.54, 1.807) is 36.9 Å². The predicted octanol–water partition coefficient (Wildman–Crippen LogP) is 14.1. The van der Waals surface area contributed by atoms with Crippen molar-refractivity contribution < 1.29 is 33.8 Å². The van der Waals surface area contributed by atoms with Gasteiger partial charge in [-0.2, -0.15) is 0 Å². The minimum Gasteiger partial charge on any atom is -0.497 e. The number of nitrogens with one attached hydrogen (secondary N) is 5. The Morgan fingerprint density at radius 2 is 1.33 bits per heavy atom. The second kappa shape index (κ2) is 31.4. The molecule has 9 rings (SSSR count). The van der Waals surface area contributed by atoms with E-state index in [-0.39, 0.29) is 43.3 Å². The molecule has 5 aromatic rings. The molecule has 10 atom stereocenters. The van der Waals surface area contributed by atoms with Crippen LogP contribution in [0, 0.1) is 53.3 Å². The maximum atomic E-state index is 14.6. The average Bonchev–Trinajstić information content (AvgIpc) is 1.73. The molecule has 0 aliphatic heterocycles. The molecule has 5 aromatic carbocycles. The van der Waals surface area contributed by atoms with Gasteiger partial charge in [-0.1, -0.05) is 180 Å². The number of hydrogen-bond acceptors (Lipinski definition) is 8. The first-order valence-electron chi connectivity index (χ1n) is 33.8. The monoisotopic (exact) mass is 1210 g/mol. The quantitative estimate of drug-likeness (QED) is 0.0145. The zero-order chi connectivity index (χ0) is 63.0. The molecular weight excluding hydrogens is 1110 g/mol. The first-order chi connectivity index (χ1) is 43.0. The van der Waals surface area contributed by atoms with E-state index >= 15 is 0 Å². The first kappa shape index (κ1) is 66.8. The molecule has 0 unspecified atom stereocenters. The molecule has 6 N–H and O–H groups in total. The molecule has 4 aliphatic rings.